The first-order chi connectivity index (χ1) is 9.91. The Labute approximate surface area is 121 Å². The van der Waals surface area contributed by atoms with E-state index in [0.717, 1.165) is 19.5 Å². The topological polar surface area (TPSA) is 37.8 Å². The lowest BCUT2D eigenvalue weighted by atomic mass is 10.1. The maximum absolute atomic E-state index is 13.7. The third-order valence-electron chi connectivity index (χ3n) is 2.88. The fraction of sp³-hybridized carbons (Fsp3) is 0.333. The molecule has 0 bridgehead atoms. The van der Waals surface area contributed by atoms with Gasteiger partial charge in [-0.25, -0.2) is 9.37 Å². The van der Waals surface area contributed by atoms with Crippen molar-refractivity contribution in [1.82, 2.24) is 9.97 Å². The smallest absolute Gasteiger partial charge is 0.289 e. The van der Waals surface area contributed by atoms with Gasteiger partial charge in [0.2, 0.25) is 0 Å². The lowest BCUT2D eigenvalue weighted by molar-refractivity contribution is 0.0137. The quantitative estimate of drug-likeness (QED) is 0.897. The van der Waals surface area contributed by atoms with Crippen molar-refractivity contribution in [2.45, 2.75) is 26.2 Å². The maximum Gasteiger partial charge on any atom is 0.289 e. The molecule has 0 unspecified atom stereocenters. The fourth-order valence-corrected chi connectivity index (χ4v) is 1.91. The Morgan fingerprint density at radius 3 is 2.62 bits per heavy atom. The molecule has 0 fully saturated rings. The third kappa shape index (κ3) is 3.71. The average Bonchev–Trinajstić information content (AvgIpc) is 2.44. The summed E-state index contributed by atoms with van der Waals surface area (Å²) in [6.45, 7) is 3.31. The van der Waals surface area contributed by atoms with Gasteiger partial charge in [-0.15, -0.1) is 0 Å². The van der Waals surface area contributed by atoms with Gasteiger partial charge < -0.3 is 5.32 Å². The van der Waals surface area contributed by atoms with Crippen LogP contribution in [-0.2, 0) is 5.92 Å². The van der Waals surface area contributed by atoms with Crippen molar-refractivity contribution in [2.24, 2.45) is 0 Å². The number of hydrogen-bond acceptors (Lipinski definition) is 3. The fourth-order valence-electron chi connectivity index (χ4n) is 1.91. The van der Waals surface area contributed by atoms with Crippen LogP contribution in [0, 0.1) is 5.82 Å². The van der Waals surface area contributed by atoms with Gasteiger partial charge in [-0.3, -0.25) is 4.98 Å². The number of alkyl halides is 2. The standard InChI is InChI=1S/C15H16F3N3/c1-3-6-20-13-5-4-12(21-14(13)15(2,17)18)10-7-11(16)9-19-8-10/h4-5,7-9,20H,3,6H2,1-2H3. The summed E-state index contributed by atoms with van der Waals surface area (Å²) < 4.78 is 40.6. The van der Waals surface area contributed by atoms with E-state index in [1.165, 1.54) is 18.3 Å². The first kappa shape index (κ1) is 15.3. The van der Waals surface area contributed by atoms with Crippen LogP contribution in [0.3, 0.4) is 0 Å². The molecule has 0 amide bonds. The number of halogens is 3. The zero-order valence-corrected chi connectivity index (χ0v) is 11.8. The molecule has 3 nitrogen and oxygen atoms in total. The first-order valence-corrected chi connectivity index (χ1v) is 6.66. The van der Waals surface area contributed by atoms with E-state index < -0.39 is 11.7 Å². The summed E-state index contributed by atoms with van der Waals surface area (Å²) in [5, 5.41) is 2.93. The molecule has 6 heteroatoms. The summed E-state index contributed by atoms with van der Waals surface area (Å²) in [5.74, 6) is -3.63. The molecule has 0 spiro atoms. The van der Waals surface area contributed by atoms with Gasteiger partial charge in [0, 0.05) is 25.2 Å². The highest BCUT2D eigenvalue weighted by atomic mass is 19.3. The Hall–Kier alpha value is -2.11. The van der Waals surface area contributed by atoms with Gasteiger partial charge in [-0.2, -0.15) is 8.78 Å². The van der Waals surface area contributed by atoms with E-state index in [2.05, 4.69) is 15.3 Å². The Bertz CT molecular complexity index is 624. The van der Waals surface area contributed by atoms with Crippen LogP contribution < -0.4 is 5.32 Å². The van der Waals surface area contributed by atoms with E-state index in [4.69, 9.17) is 0 Å². The van der Waals surface area contributed by atoms with Gasteiger partial charge in [0.25, 0.3) is 5.92 Å². The van der Waals surface area contributed by atoms with E-state index in [-0.39, 0.29) is 17.1 Å². The highest BCUT2D eigenvalue weighted by Gasteiger charge is 2.30. The Balaban J connectivity index is 2.46. The number of nitrogens with zero attached hydrogens (tertiary/aromatic N) is 2. The molecular weight excluding hydrogens is 279 g/mol. The summed E-state index contributed by atoms with van der Waals surface area (Å²) in [4.78, 5) is 7.70. The van der Waals surface area contributed by atoms with E-state index in [1.54, 1.807) is 6.07 Å². The predicted molar refractivity (Wildman–Crippen MR) is 75.8 cm³/mol. The first-order valence-electron chi connectivity index (χ1n) is 6.66. The van der Waals surface area contributed by atoms with Crippen LogP contribution in [0.5, 0.6) is 0 Å². The lowest BCUT2D eigenvalue weighted by Gasteiger charge is -2.17. The third-order valence-corrected chi connectivity index (χ3v) is 2.88. The summed E-state index contributed by atoms with van der Waals surface area (Å²) in [7, 11) is 0. The minimum Gasteiger partial charge on any atom is -0.383 e. The molecule has 2 heterocycles. The van der Waals surface area contributed by atoms with Crippen molar-refractivity contribution in [3.05, 3.63) is 42.1 Å². The molecule has 112 valence electrons. The van der Waals surface area contributed by atoms with Gasteiger partial charge in [-0.1, -0.05) is 6.92 Å². The Morgan fingerprint density at radius 1 is 1.24 bits per heavy atom. The summed E-state index contributed by atoms with van der Waals surface area (Å²) in [6.07, 6.45) is 3.25. The van der Waals surface area contributed by atoms with Crippen LogP contribution in [0.4, 0.5) is 18.9 Å². The molecule has 0 atom stereocenters. The highest BCUT2D eigenvalue weighted by Crippen LogP contribution is 2.33. The maximum atomic E-state index is 13.7. The second kappa shape index (κ2) is 6.11. The van der Waals surface area contributed by atoms with Crippen molar-refractivity contribution in [3.63, 3.8) is 0 Å². The van der Waals surface area contributed by atoms with Crippen molar-refractivity contribution >= 4 is 5.69 Å². The second-order valence-electron chi connectivity index (χ2n) is 4.80. The molecule has 2 aromatic rings. The summed E-state index contributed by atoms with van der Waals surface area (Å²) >= 11 is 0. The minimum absolute atomic E-state index is 0.264. The molecule has 0 aliphatic carbocycles. The molecule has 0 aliphatic heterocycles. The molecule has 0 radical (unpaired) electrons. The van der Waals surface area contributed by atoms with Crippen LogP contribution in [-0.4, -0.2) is 16.5 Å². The number of hydrogen-bond donors (Lipinski definition) is 1. The van der Waals surface area contributed by atoms with Gasteiger partial charge in [0.1, 0.15) is 11.5 Å². The molecule has 2 rings (SSSR count). The summed E-state index contributed by atoms with van der Waals surface area (Å²) in [5.41, 5.74) is 0.568. The molecular formula is C15H16F3N3. The molecule has 0 aliphatic rings. The lowest BCUT2D eigenvalue weighted by Crippen LogP contribution is -2.15. The number of aromatic nitrogens is 2. The normalized spacial score (nSPS) is 11.5. The molecule has 0 saturated carbocycles. The zero-order valence-electron chi connectivity index (χ0n) is 11.8. The predicted octanol–water partition coefficient (Wildman–Crippen LogP) is 4.22. The van der Waals surface area contributed by atoms with E-state index >= 15 is 0 Å². The molecule has 0 aromatic carbocycles. The van der Waals surface area contributed by atoms with Gasteiger partial charge >= 0.3 is 0 Å². The van der Waals surface area contributed by atoms with E-state index in [9.17, 15) is 13.2 Å². The van der Waals surface area contributed by atoms with Crippen LogP contribution >= 0.6 is 0 Å². The SMILES string of the molecule is CCCNc1ccc(-c2cncc(F)c2)nc1C(C)(F)F. The highest BCUT2D eigenvalue weighted by molar-refractivity contribution is 5.62. The number of nitrogens with one attached hydrogen (secondary N) is 1. The number of rotatable bonds is 5. The van der Waals surface area contributed by atoms with Crippen LogP contribution in [0.25, 0.3) is 11.3 Å². The van der Waals surface area contributed by atoms with Crippen molar-refractivity contribution < 1.29 is 13.2 Å². The molecule has 2 aromatic heterocycles. The van der Waals surface area contributed by atoms with E-state index in [0.29, 0.717) is 12.1 Å². The van der Waals surface area contributed by atoms with Gasteiger partial charge in [0.15, 0.2) is 0 Å². The van der Waals surface area contributed by atoms with Crippen molar-refractivity contribution in [2.75, 3.05) is 11.9 Å². The molecule has 1 N–H and O–H groups in total. The summed E-state index contributed by atoms with van der Waals surface area (Å²) in [6, 6.07) is 4.32. The average molecular weight is 295 g/mol. The Kier molecular flexibility index (Phi) is 4.45. The van der Waals surface area contributed by atoms with Crippen molar-refractivity contribution in [3.8, 4) is 11.3 Å². The van der Waals surface area contributed by atoms with Crippen molar-refractivity contribution in [1.29, 1.82) is 0 Å². The van der Waals surface area contributed by atoms with Crippen LogP contribution in [0.15, 0.2) is 30.6 Å². The second-order valence-corrected chi connectivity index (χ2v) is 4.80. The largest absolute Gasteiger partial charge is 0.383 e. The number of anilines is 1. The van der Waals surface area contributed by atoms with Crippen LogP contribution in [0.2, 0.25) is 0 Å². The van der Waals surface area contributed by atoms with E-state index in [1.807, 2.05) is 6.92 Å². The van der Waals surface area contributed by atoms with Gasteiger partial charge in [-0.05, 0) is 24.6 Å². The number of pyridine rings is 2. The monoisotopic (exact) mass is 295 g/mol. The minimum atomic E-state index is -3.09. The van der Waals surface area contributed by atoms with Gasteiger partial charge in [0.05, 0.1) is 17.6 Å². The molecule has 0 saturated heterocycles. The van der Waals surface area contributed by atoms with Crippen LogP contribution in [0.1, 0.15) is 26.0 Å². The Morgan fingerprint density at radius 2 is 2.00 bits per heavy atom. The molecule has 21 heavy (non-hydrogen) atoms. The zero-order chi connectivity index (χ0) is 15.5.